The SMILES string of the molecule is COC(=O)c1ccc(-n2ncc(C(=O)OC(C)(C)C)c2SC2CCCC2)cc1. The van der Waals surface area contributed by atoms with E-state index in [9.17, 15) is 9.59 Å². The van der Waals surface area contributed by atoms with Crippen LogP contribution in [0.2, 0.25) is 0 Å². The van der Waals surface area contributed by atoms with E-state index in [1.54, 1.807) is 46.9 Å². The quantitative estimate of drug-likeness (QED) is 0.678. The number of esters is 2. The molecule has 0 bridgehead atoms. The van der Waals surface area contributed by atoms with Crippen molar-refractivity contribution in [2.24, 2.45) is 0 Å². The van der Waals surface area contributed by atoms with E-state index >= 15 is 0 Å². The average molecular weight is 403 g/mol. The maximum atomic E-state index is 12.7. The molecule has 0 amide bonds. The van der Waals surface area contributed by atoms with Crippen LogP contribution >= 0.6 is 11.8 Å². The van der Waals surface area contributed by atoms with Gasteiger partial charge in [0.05, 0.1) is 24.6 Å². The van der Waals surface area contributed by atoms with Crippen molar-refractivity contribution in [3.05, 3.63) is 41.6 Å². The number of hydrogen-bond donors (Lipinski definition) is 0. The summed E-state index contributed by atoms with van der Waals surface area (Å²) in [7, 11) is 1.35. The third kappa shape index (κ3) is 4.76. The highest BCUT2D eigenvalue weighted by atomic mass is 32.2. The molecule has 28 heavy (non-hydrogen) atoms. The van der Waals surface area contributed by atoms with Crippen LogP contribution in [0.25, 0.3) is 5.69 Å². The maximum absolute atomic E-state index is 12.7. The summed E-state index contributed by atoms with van der Waals surface area (Å²) in [5.41, 5.74) is 1.15. The third-order valence-corrected chi connectivity index (χ3v) is 5.88. The zero-order valence-electron chi connectivity index (χ0n) is 16.7. The number of ether oxygens (including phenoxy) is 2. The van der Waals surface area contributed by atoms with Crippen LogP contribution in [0.3, 0.4) is 0 Å². The summed E-state index contributed by atoms with van der Waals surface area (Å²) in [5, 5.41) is 5.70. The fourth-order valence-corrected chi connectivity index (χ4v) is 4.53. The minimum Gasteiger partial charge on any atom is -0.465 e. The van der Waals surface area contributed by atoms with E-state index in [4.69, 9.17) is 9.47 Å². The van der Waals surface area contributed by atoms with Crippen LogP contribution < -0.4 is 0 Å². The van der Waals surface area contributed by atoms with E-state index in [2.05, 4.69) is 5.10 Å². The van der Waals surface area contributed by atoms with Crippen LogP contribution in [0.15, 0.2) is 35.5 Å². The predicted octanol–water partition coefficient (Wildman–Crippen LogP) is 4.65. The summed E-state index contributed by atoms with van der Waals surface area (Å²) in [4.78, 5) is 24.4. The lowest BCUT2D eigenvalue weighted by Crippen LogP contribution is -2.24. The molecule has 1 saturated carbocycles. The van der Waals surface area contributed by atoms with Crippen molar-refractivity contribution in [1.82, 2.24) is 9.78 Å². The van der Waals surface area contributed by atoms with Crippen LogP contribution in [0.1, 0.15) is 67.2 Å². The van der Waals surface area contributed by atoms with Gasteiger partial charge in [-0.1, -0.05) is 12.8 Å². The number of hydrogen-bond acceptors (Lipinski definition) is 6. The minimum absolute atomic E-state index is 0.370. The van der Waals surface area contributed by atoms with Crippen molar-refractivity contribution in [3.8, 4) is 5.69 Å². The van der Waals surface area contributed by atoms with Crippen molar-refractivity contribution in [2.45, 2.75) is 62.3 Å². The molecule has 0 N–H and O–H groups in total. The Morgan fingerprint density at radius 1 is 1.11 bits per heavy atom. The van der Waals surface area contributed by atoms with Crippen LogP contribution in [-0.4, -0.2) is 39.7 Å². The number of benzene rings is 1. The van der Waals surface area contributed by atoms with Gasteiger partial charge in [0.25, 0.3) is 0 Å². The summed E-state index contributed by atoms with van der Waals surface area (Å²) in [6.07, 6.45) is 6.25. The molecule has 6 nitrogen and oxygen atoms in total. The first-order valence-corrected chi connectivity index (χ1v) is 10.3. The number of rotatable bonds is 5. The number of aromatic nitrogens is 2. The molecule has 1 fully saturated rings. The van der Waals surface area contributed by atoms with Gasteiger partial charge in [0.1, 0.15) is 16.2 Å². The molecule has 7 heteroatoms. The van der Waals surface area contributed by atoms with Crippen LogP contribution in [0.4, 0.5) is 0 Å². The molecule has 0 unspecified atom stereocenters. The lowest BCUT2D eigenvalue weighted by atomic mass is 10.2. The Labute approximate surface area is 169 Å². The van der Waals surface area contributed by atoms with E-state index in [1.165, 1.54) is 20.0 Å². The highest BCUT2D eigenvalue weighted by molar-refractivity contribution is 8.00. The van der Waals surface area contributed by atoms with Gasteiger partial charge in [0, 0.05) is 5.25 Å². The molecule has 3 rings (SSSR count). The maximum Gasteiger partial charge on any atom is 0.343 e. The second-order valence-electron chi connectivity index (χ2n) is 7.84. The summed E-state index contributed by atoms with van der Waals surface area (Å²) in [6.45, 7) is 5.56. The van der Waals surface area contributed by atoms with Crippen molar-refractivity contribution in [2.75, 3.05) is 7.11 Å². The molecule has 1 aliphatic rings. The molecular formula is C21H26N2O4S. The van der Waals surface area contributed by atoms with Gasteiger partial charge >= 0.3 is 11.9 Å². The Kier molecular flexibility index (Phi) is 6.13. The van der Waals surface area contributed by atoms with E-state index in [1.807, 2.05) is 20.8 Å². The molecule has 1 aromatic carbocycles. The number of carbonyl (C=O) groups excluding carboxylic acids is 2. The number of methoxy groups -OCH3 is 1. The van der Waals surface area contributed by atoms with E-state index in [0.29, 0.717) is 16.4 Å². The Morgan fingerprint density at radius 2 is 1.75 bits per heavy atom. The average Bonchev–Trinajstić information content (AvgIpc) is 3.30. The van der Waals surface area contributed by atoms with Crippen LogP contribution in [0.5, 0.6) is 0 Å². The van der Waals surface area contributed by atoms with Gasteiger partial charge in [-0.05, 0) is 57.9 Å². The largest absolute Gasteiger partial charge is 0.465 e. The second kappa shape index (κ2) is 8.39. The van der Waals surface area contributed by atoms with Crippen molar-refractivity contribution >= 4 is 23.7 Å². The molecule has 1 aliphatic carbocycles. The van der Waals surface area contributed by atoms with Crippen LogP contribution in [0, 0.1) is 0 Å². The monoisotopic (exact) mass is 402 g/mol. The highest BCUT2D eigenvalue weighted by Gasteiger charge is 2.27. The number of carbonyl (C=O) groups is 2. The highest BCUT2D eigenvalue weighted by Crippen LogP contribution is 2.37. The Bertz CT molecular complexity index is 846. The van der Waals surface area contributed by atoms with Crippen molar-refractivity contribution in [3.63, 3.8) is 0 Å². The van der Waals surface area contributed by atoms with Gasteiger partial charge in [0.15, 0.2) is 0 Å². The molecule has 150 valence electrons. The zero-order chi connectivity index (χ0) is 20.3. The predicted molar refractivity (Wildman–Crippen MR) is 108 cm³/mol. The second-order valence-corrected chi connectivity index (χ2v) is 9.13. The molecule has 0 aliphatic heterocycles. The number of thioether (sulfide) groups is 1. The Hall–Kier alpha value is -2.28. The normalized spacial score (nSPS) is 14.9. The molecule has 0 spiro atoms. The molecule has 0 atom stereocenters. The topological polar surface area (TPSA) is 70.4 Å². The van der Waals surface area contributed by atoms with Gasteiger partial charge in [-0.25, -0.2) is 14.3 Å². The zero-order valence-corrected chi connectivity index (χ0v) is 17.5. The fourth-order valence-electron chi connectivity index (χ4n) is 3.13. The third-order valence-electron chi connectivity index (χ3n) is 4.46. The number of nitrogens with zero attached hydrogens (tertiary/aromatic N) is 2. The standard InChI is InChI=1S/C21H26N2O4S/c1-21(2,3)27-20(25)17-13-22-23(18(17)28-16-7-5-6-8-16)15-11-9-14(10-12-15)19(24)26-4/h9-13,16H,5-8H2,1-4H3. The van der Waals surface area contributed by atoms with Gasteiger partial charge in [-0.15, -0.1) is 11.8 Å². The summed E-state index contributed by atoms with van der Waals surface area (Å²) >= 11 is 1.68. The van der Waals surface area contributed by atoms with Gasteiger partial charge in [0.2, 0.25) is 0 Å². The molecule has 0 saturated heterocycles. The lowest BCUT2D eigenvalue weighted by molar-refractivity contribution is 0.00651. The van der Waals surface area contributed by atoms with Gasteiger partial charge < -0.3 is 9.47 Å². The summed E-state index contributed by atoms with van der Waals surface area (Å²) in [5.74, 6) is -0.757. The Balaban J connectivity index is 1.95. The molecule has 1 aromatic heterocycles. The van der Waals surface area contributed by atoms with Crippen molar-refractivity contribution in [1.29, 1.82) is 0 Å². The molecule has 0 radical (unpaired) electrons. The lowest BCUT2D eigenvalue weighted by Gasteiger charge is -2.20. The summed E-state index contributed by atoms with van der Waals surface area (Å²) < 4.78 is 12.1. The molecular weight excluding hydrogens is 376 g/mol. The van der Waals surface area contributed by atoms with Crippen LogP contribution in [-0.2, 0) is 9.47 Å². The fraction of sp³-hybridized carbons (Fsp3) is 0.476. The molecule has 1 heterocycles. The van der Waals surface area contributed by atoms with E-state index in [-0.39, 0.29) is 11.9 Å². The van der Waals surface area contributed by atoms with Gasteiger partial charge in [-0.3, -0.25) is 0 Å². The first-order chi connectivity index (χ1) is 13.3. The van der Waals surface area contributed by atoms with Crippen molar-refractivity contribution < 1.29 is 19.1 Å². The minimum atomic E-state index is -0.573. The smallest absolute Gasteiger partial charge is 0.343 e. The Morgan fingerprint density at radius 3 is 2.32 bits per heavy atom. The van der Waals surface area contributed by atoms with E-state index in [0.717, 1.165) is 23.6 Å². The van der Waals surface area contributed by atoms with E-state index < -0.39 is 5.60 Å². The first-order valence-electron chi connectivity index (χ1n) is 9.45. The first kappa shape index (κ1) is 20.5. The van der Waals surface area contributed by atoms with Gasteiger partial charge in [-0.2, -0.15) is 5.10 Å². The summed E-state index contributed by atoms with van der Waals surface area (Å²) in [6, 6.07) is 6.99. The molecule has 2 aromatic rings.